The van der Waals surface area contributed by atoms with Gasteiger partial charge in [0.25, 0.3) is 0 Å². The molecule has 2 aliphatic rings. The van der Waals surface area contributed by atoms with Crippen LogP contribution in [0.1, 0.15) is 52.9 Å². The van der Waals surface area contributed by atoms with Crippen LogP contribution < -0.4 is 0 Å². The molecule has 1 saturated carbocycles. The molecule has 1 heterocycles. The van der Waals surface area contributed by atoms with Crippen molar-refractivity contribution in [3.8, 4) is 0 Å². The molecule has 4 nitrogen and oxygen atoms in total. The summed E-state index contributed by atoms with van der Waals surface area (Å²) in [5.74, 6) is 0.617. The van der Waals surface area contributed by atoms with E-state index in [1.807, 2.05) is 0 Å². The van der Waals surface area contributed by atoms with Gasteiger partial charge in [0.05, 0.1) is 15.7 Å². The molecule has 0 spiro atoms. The smallest absolute Gasteiger partial charge is 0.232 e. The van der Waals surface area contributed by atoms with E-state index in [4.69, 9.17) is 0 Å². The average molecular weight is 334 g/mol. The lowest BCUT2D eigenvalue weighted by Gasteiger charge is -2.24. The molecule has 1 aliphatic heterocycles. The van der Waals surface area contributed by atoms with Gasteiger partial charge in [0.15, 0.2) is 9.84 Å². The van der Waals surface area contributed by atoms with Gasteiger partial charge in [-0.1, -0.05) is 12.8 Å². The van der Waals surface area contributed by atoms with Gasteiger partial charge in [-0.15, -0.1) is 11.8 Å². The molecule has 0 radical (unpaired) electrons. The van der Waals surface area contributed by atoms with Gasteiger partial charge < -0.3 is 4.90 Å². The van der Waals surface area contributed by atoms with Crippen LogP contribution in [0.2, 0.25) is 0 Å². The number of carbonyl (C=O) groups is 1. The van der Waals surface area contributed by atoms with Crippen molar-refractivity contribution >= 4 is 27.5 Å². The third kappa shape index (κ3) is 3.95. The Labute approximate surface area is 133 Å². The van der Waals surface area contributed by atoms with Crippen LogP contribution in [0.25, 0.3) is 0 Å². The molecule has 122 valence electrons. The Morgan fingerprint density at radius 1 is 1.19 bits per heavy atom. The maximum Gasteiger partial charge on any atom is 0.232 e. The van der Waals surface area contributed by atoms with Crippen LogP contribution in [0, 0.1) is 0 Å². The zero-order valence-electron chi connectivity index (χ0n) is 13.3. The third-order valence-corrected chi connectivity index (χ3v) is 8.86. The fraction of sp³-hybridized carbons (Fsp3) is 0.933. The van der Waals surface area contributed by atoms with Crippen molar-refractivity contribution in [1.82, 2.24) is 4.90 Å². The van der Waals surface area contributed by atoms with E-state index in [0.29, 0.717) is 30.5 Å². The van der Waals surface area contributed by atoms with Crippen molar-refractivity contribution in [2.45, 2.75) is 68.1 Å². The second-order valence-corrected chi connectivity index (χ2v) is 11.4. The summed E-state index contributed by atoms with van der Waals surface area (Å²) in [5, 5.41) is 0.239. The summed E-state index contributed by atoms with van der Waals surface area (Å²) in [6.45, 7) is 6.18. The number of sulfone groups is 1. The van der Waals surface area contributed by atoms with Gasteiger partial charge in [0, 0.05) is 18.3 Å². The van der Waals surface area contributed by atoms with Crippen molar-refractivity contribution in [3.05, 3.63) is 0 Å². The van der Waals surface area contributed by atoms with Crippen LogP contribution in [0.15, 0.2) is 0 Å². The SMILES string of the molecule is CC(C)(C)S(=O)(=O)C1CCN(C(=O)CSC2CCCC2)C1. The molecule has 0 N–H and O–H groups in total. The highest BCUT2D eigenvalue weighted by atomic mass is 32.2. The Morgan fingerprint density at radius 2 is 1.81 bits per heavy atom. The summed E-state index contributed by atoms with van der Waals surface area (Å²) in [6, 6.07) is 0. The standard InChI is InChI=1S/C15H27NO3S2/c1-15(2,3)21(18,19)13-8-9-16(10-13)14(17)11-20-12-6-4-5-7-12/h12-13H,4-11H2,1-3H3. The number of thioether (sulfide) groups is 1. The Hall–Kier alpha value is -0.230. The van der Waals surface area contributed by atoms with Gasteiger partial charge in [0.2, 0.25) is 5.91 Å². The molecular formula is C15H27NO3S2. The van der Waals surface area contributed by atoms with Crippen LogP contribution in [0.4, 0.5) is 0 Å². The second-order valence-electron chi connectivity index (χ2n) is 7.13. The van der Waals surface area contributed by atoms with E-state index in [-0.39, 0.29) is 5.91 Å². The first-order valence-electron chi connectivity index (χ1n) is 7.84. The number of rotatable bonds is 4. The maximum absolute atomic E-state index is 12.4. The zero-order valence-corrected chi connectivity index (χ0v) is 14.9. The van der Waals surface area contributed by atoms with Gasteiger partial charge in [-0.25, -0.2) is 8.42 Å². The number of nitrogens with zero attached hydrogens (tertiary/aromatic N) is 1. The van der Waals surface area contributed by atoms with Crippen LogP contribution in [-0.4, -0.2) is 53.3 Å². The molecule has 0 aromatic heterocycles. The molecule has 6 heteroatoms. The molecule has 0 aromatic carbocycles. The van der Waals surface area contributed by atoms with Gasteiger partial charge in [0.1, 0.15) is 0 Å². The summed E-state index contributed by atoms with van der Waals surface area (Å²) in [5.41, 5.74) is 0. The van der Waals surface area contributed by atoms with Gasteiger partial charge >= 0.3 is 0 Å². The zero-order chi connectivity index (χ0) is 15.7. The highest BCUT2D eigenvalue weighted by Crippen LogP contribution is 2.31. The van der Waals surface area contributed by atoms with Crippen molar-refractivity contribution in [3.63, 3.8) is 0 Å². The predicted octanol–water partition coefficient (Wildman–Crippen LogP) is 2.48. The van der Waals surface area contributed by atoms with Crippen molar-refractivity contribution in [2.75, 3.05) is 18.8 Å². The minimum Gasteiger partial charge on any atom is -0.341 e. The third-order valence-electron chi connectivity index (χ3n) is 4.53. The number of likely N-dealkylation sites (tertiary alicyclic amines) is 1. The molecule has 1 atom stereocenters. The first kappa shape index (κ1) is 17.1. The highest BCUT2D eigenvalue weighted by Gasteiger charge is 2.41. The molecular weight excluding hydrogens is 306 g/mol. The van der Waals surface area contributed by atoms with E-state index in [0.717, 1.165) is 0 Å². The minimum absolute atomic E-state index is 0.110. The Balaban J connectivity index is 1.85. The van der Waals surface area contributed by atoms with E-state index in [1.165, 1.54) is 25.7 Å². The first-order chi connectivity index (χ1) is 9.72. The lowest BCUT2D eigenvalue weighted by atomic mass is 10.3. The van der Waals surface area contributed by atoms with E-state index in [2.05, 4.69) is 0 Å². The van der Waals surface area contributed by atoms with Crippen molar-refractivity contribution in [2.24, 2.45) is 0 Å². The lowest BCUT2D eigenvalue weighted by Crippen LogP contribution is -2.40. The fourth-order valence-corrected chi connectivity index (χ4v) is 6.06. The molecule has 1 unspecified atom stereocenters. The quantitative estimate of drug-likeness (QED) is 0.793. The number of amides is 1. The second kappa shape index (κ2) is 6.49. The molecule has 1 amide bonds. The molecule has 21 heavy (non-hydrogen) atoms. The Morgan fingerprint density at radius 3 is 2.38 bits per heavy atom. The normalized spacial score (nSPS) is 24.7. The molecule has 2 fully saturated rings. The maximum atomic E-state index is 12.4. The fourth-order valence-electron chi connectivity index (χ4n) is 3.04. The van der Waals surface area contributed by atoms with Crippen LogP contribution in [0.3, 0.4) is 0 Å². The van der Waals surface area contributed by atoms with Crippen molar-refractivity contribution < 1.29 is 13.2 Å². The van der Waals surface area contributed by atoms with E-state index < -0.39 is 19.8 Å². The summed E-state index contributed by atoms with van der Waals surface area (Å²) < 4.78 is 24.2. The number of hydrogen-bond donors (Lipinski definition) is 0. The van der Waals surface area contributed by atoms with Gasteiger partial charge in [-0.05, 0) is 40.0 Å². The monoisotopic (exact) mass is 333 g/mol. The van der Waals surface area contributed by atoms with Crippen LogP contribution in [0.5, 0.6) is 0 Å². The Bertz CT molecular complexity index is 476. The van der Waals surface area contributed by atoms with Crippen molar-refractivity contribution in [1.29, 1.82) is 0 Å². The summed E-state index contributed by atoms with van der Waals surface area (Å²) in [6.07, 6.45) is 5.58. The molecule has 1 saturated heterocycles. The first-order valence-corrected chi connectivity index (χ1v) is 10.4. The predicted molar refractivity (Wildman–Crippen MR) is 88.4 cm³/mol. The number of hydrogen-bond acceptors (Lipinski definition) is 4. The summed E-state index contributed by atoms with van der Waals surface area (Å²) in [4.78, 5) is 14.0. The molecule has 2 rings (SSSR count). The molecule has 1 aliphatic carbocycles. The van der Waals surface area contributed by atoms with Gasteiger partial charge in [-0.3, -0.25) is 4.79 Å². The lowest BCUT2D eigenvalue weighted by molar-refractivity contribution is -0.127. The van der Waals surface area contributed by atoms with Crippen LogP contribution >= 0.6 is 11.8 Å². The van der Waals surface area contributed by atoms with Gasteiger partial charge in [-0.2, -0.15) is 0 Å². The summed E-state index contributed by atoms with van der Waals surface area (Å²) >= 11 is 1.75. The highest BCUT2D eigenvalue weighted by molar-refractivity contribution is 8.00. The minimum atomic E-state index is -3.17. The van der Waals surface area contributed by atoms with E-state index >= 15 is 0 Å². The van der Waals surface area contributed by atoms with E-state index in [9.17, 15) is 13.2 Å². The molecule has 0 aromatic rings. The van der Waals surface area contributed by atoms with E-state index in [1.54, 1.807) is 37.4 Å². The summed E-state index contributed by atoms with van der Waals surface area (Å²) in [7, 11) is -3.17. The topological polar surface area (TPSA) is 54.5 Å². The number of carbonyl (C=O) groups excluding carboxylic acids is 1. The molecule has 0 bridgehead atoms. The average Bonchev–Trinajstić information content (AvgIpc) is 3.06. The van der Waals surface area contributed by atoms with Crippen LogP contribution in [-0.2, 0) is 14.6 Å². The Kier molecular flexibility index (Phi) is 5.29. The largest absolute Gasteiger partial charge is 0.341 e.